The van der Waals surface area contributed by atoms with Crippen LogP contribution in [0.15, 0.2) is 40.9 Å². The van der Waals surface area contributed by atoms with E-state index >= 15 is 0 Å². The molecule has 1 aromatic carbocycles. The topological polar surface area (TPSA) is 29.9 Å². The van der Waals surface area contributed by atoms with Crippen molar-refractivity contribution in [1.29, 1.82) is 0 Å². The minimum absolute atomic E-state index is 0.643. The van der Waals surface area contributed by atoms with Gasteiger partial charge in [-0.1, -0.05) is 32.9 Å². The van der Waals surface area contributed by atoms with Crippen LogP contribution in [0.5, 0.6) is 0 Å². The average Bonchev–Trinajstić information content (AvgIpc) is 3.01. The van der Waals surface area contributed by atoms with Gasteiger partial charge in [-0.25, -0.2) is 9.55 Å². The molecule has 0 bridgehead atoms. The number of hydrogen-bond donors (Lipinski definition) is 0. The van der Waals surface area contributed by atoms with Crippen molar-refractivity contribution in [3.63, 3.8) is 0 Å². The first-order chi connectivity index (χ1) is 13.4. The molecule has 0 fully saturated rings. The number of fused-ring (bicyclic) bond motifs is 3. The van der Waals surface area contributed by atoms with Gasteiger partial charge in [0, 0.05) is 28.1 Å². The van der Waals surface area contributed by atoms with Gasteiger partial charge in [-0.2, -0.15) is 0 Å². The molecule has 0 aliphatic heterocycles. The quantitative estimate of drug-likeness (QED) is 0.420. The zero-order valence-electron chi connectivity index (χ0n) is 17.8. The molecule has 3 nitrogen and oxygen atoms in total. The number of pyridine rings is 2. The van der Waals surface area contributed by atoms with E-state index in [1.54, 1.807) is 0 Å². The summed E-state index contributed by atoms with van der Waals surface area (Å²) < 4.78 is 8.57. The van der Waals surface area contributed by atoms with Crippen LogP contribution in [0.25, 0.3) is 33.3 Å². The second-order valence-electron chi connectivity index (χ2n) is 8.32. The molecule has 0 spiro atoms. The molecule has 28 heavy (non-hydrogen) atoms. The minimum atomic E-state index is 0.643. The van der Waals surface area contributed by atoms with Crippen LogP contribution in [0.4, 0.5) is 0 Å². The van der Waals surface area contributed by atoms with Gasteiger partial charge >= 0.3 is 0 Å². The van der Waals surface area contributed by atoms with E-state index in [4.69, 9.17) is 9.40 Å². The number of nitrogens with zero attached hydrogens (tertiary/aromatic N) is 2. The molecule has 0 amide bonds. The molecular weight excluding hydrogens is 344 g/mol. The van der Waals surface area contributed by atoms with Gasteiger partial charge in [-0.05, 0) is 55.9 Å². The van der Waals surface area contributed by atoms with Crippen LogP contribution in [0.3, 0.4) is 0 Å². The molecule has 3 heteroatoms. The van der Waals surface area contributed by atoms with E-state index < -0.39 is 0 Å². The number of aromatic nitrogens is 2. The Morgan fingerprint density at radius 3 is 2.50 bits per heavy atom. The van der Waals surface area contributed by atoms with E-state index in [0.717, 1.165) is 46.2 Å². The summed E-state index contributed by atoms with van der Waals surface area (Å²) in [7, 11) is 2.13. The average molecular weight is 374 g/mol. The molecule has 0 aliphatic rings. The molecule has 0 radical (unpaired) electrons. The Labute approximate surface area is 167 Å². The first kappa shape index (κ1) is 18.7. The van der Waals surface area contributed by atoms with Gasteiger partial charge in [-0.3, -0.25) is 0 Å². The molecule has 0 aliphatic carbocycles. The van der Waals surface area contributed by atoms with Crippen LogP contribution >= 0.6 is 0 Å². The first-order valence-electron chi connectivity index (χ1n) is 10.2. The summed E-state index contributed by atoms with van der Waals surface area (Å²) in [4.78, 5) is 4.71. The molecule has 0 atom stereocenters. The van der Waals surface area contributed by atoms with E-state index in [9.17, 15) is 0 Å². The third-order valence-electron chi connectivity index (χ3n) is 5.61. The van der Waals surface area contributed by atoms with Gasteiger partial charge in [0.05, 0.1) is 5.56 Å². The maximum absolute atomic E-state index is 6.33. The van der Waals surface area contributed by atoms with Crippen LogP contribution in [0, 0.1) is 19.8 Å². The van der Waals surface area contributed by atoms with Gasteiger partial charge in [0.15, 0.2) is 11.8 Å². The molecule has 4 aromatic rings. The number of aryl methyl sites for hydroxylation is 4. The first-order valence-corrected chi connectivity index (χ1v) is 10.2. The Bertz CT molecular complexity index is 1180. The smallest absolute Gasteiger partial charge is 0.227 e. The summed E-state index contributed by atoms with van der Waals surface area (Å²) in [6, 6.07) is 10.9. The Hall–Kier alpha value is -2.68. The Balaban J connectivity index is 1.98. The van der Waals surface area contributed by atoms with Gasteiger partial charge < -0.3 is 4.42 Å². The lowest BCUT2D eigenvalue weighted by molar-refractivity contribution is -0.660. The van der Waals surface area contributed by atoms with E-state index in [2.05, 4.69) is 82.8 Å². The van der Waals surface area contributed by atoms with E-state index in [-0.39, 0.29) is 0 Å². The normalized spacial score (nSPS) is 11.8. The fourth-order valence-electron chi connectivity index (χ4n) is 4.08. The standard InChI is InChI=1S/C25H29N2O/c1-7-19-9-11-21-20-10-8-16(4)23(24(20)28-25(21)26-19)22-13-17(5)18(12-15(2)3)14-27(22)6/h8-11,13-15H,7,12H2,1-6H3/q+1. The molecular formula is C25H29N2O+. The van der Waals surface area contributed by atoms with Gasteiger partial charge in [0.1, 0.15) is 7.05 Å². The van der Waals surface area contributed by atoms with Crippen molar-refractivity contribution in [2.75, 3.05) is 0 Å². The molecule has 4 rings (SSSR count). The molecule has 144 valence electrons. The van der Waals surface area contributed by atoms with Crippen LogP contribution in [0.1, 0.15) is 43.2 Å². The summed E-state index contributed by atoms with van der Waals surface area (Å²) in [5, 5.41) is 2.22. The molecule has 0 saturated heterocycles. The van der Waals surface area contributed by atoms with Crippen molar-refractivity contribution < 1.29 is 8.98 Å². The Morgan fingerprint density at radius 1 is 1.04 bits per heavy atom. The zero-order valence-corrected chi connectivity index (χ0v) is 17.8. The maximum atomic E-state index is 6.33. The second-order valence-corrected chi connectivity index (χ2v) is 8.32. The van der Waals surface area contributed by atoms with Gasteiger partial charge in [0.2, 0.25) is 11.4 Å². The minimum Gasteiger partial charge on any atom is -0.437 e. The number of hydrogen-bond acceptors (Lipinski definition) is 2. The van der Waals surface area contributed by atoms with Crippen molar-refractivity contribution in [3.8, 4) is 11.3 Å². The number of rotatable bonds is 4. The Morgan fingerprint density at radius 2 is 1.79 bits per heavy atom. The molecule has 3 heterocycles. The van der Waals surface area contributed by atoms with Gasteiger partial charge in [0.25, 0.3) is 0 Å². The molecule has 0 saturated carbocycles. The lowest BCUT2D eigenvalue weighted by atomic mass is 9.96. The summed E-state index contributed by atoms with van der Waals surface area (Å²) in [6.07, 6.45) is 4.28. The van der Waals surface area contributed by atoms with E-state index in [0.29, 0.717) is 5.92 Å². The predicted molar refractivity (Wildman–Crippen MR) is 116 cm³/mol. The summed E-state index contributed by atoms with van der Waals surface area (Å²) >= 11 is 0. The molecule has 0 N–H and O–H groups in total. The monoisotopic (exact) mass is 373 g/mol. The van der Waals surface area contributed by atoms with Crippen molar-refractivity contribution in [1.82, 2.24) is 4.98 Å². The SMILES string of the molecule is CCc1ccc2c(n1)oc1c(-c3cc(C)c(CC(C)C)c[n+]3C)c(C)ccc12. The highest BCUT2D eigenvalue weighted by atomic mass is 16.3. The second kappa shape index (κ2) is 7.05. The van der Waals surface area contributed by atoms with Crippen LogP contribution in [0.2, 0.25) is 0 Å². The van der Waals surface area contributed by atoms with Crippen molar-refractivity contribution in [3.05, 3.63) is 58.9 Å². The van der Waals surface area contributed by atoms with Crippen molar-refractivity contribution >= 4 is 22.1 Å². The lowest BCUT2D eigenvalue weighted by Crippen LogP contribution is -2.32. The highest BCUT2D eigenvalue weighted by molar-refractivity contribution is 6.08. The summed E-state index contributed by atoms with van der Waals surface area (Å²) in [5.41, 5.74) is 9.03. The number of benzene rings is 1. The largest absolute Gasteiger partial charge is 0.437 e. The summed E-state index contributed by atoms with van der Waals surface area (Å²) in [6.45, 7) is 11.0. The molecule has 0 unspecified atom stereocenters. The van der Waals surface area contributed by atoms with Crippen molar-refractivity contribution in [2.45, 2.75) is 47.5 Å². The highest BCUT2D eigenvalue weighted by Gasteiger charge is 2.22. The van der Waals surface area contributed by atoms with Crippen LogP contribution in [-0.2, 0) is 19.9 Å². The van der Waals surface area contributed by atoms with Crippen LogP contribution < -0.4 is 4.57 Å². The number of furan rings is 1. The van der Waals surface area contributed by atoms with Crippen LogP contribution in [-0.4, -0.2) is 4.98 Å². The fourth-order valence-corrected chi connectivity index (χ4v) is 4.08. The lowest BCUT2D eigenvalue weighted by Gasteiger charge is -2.11. The predicted octanol–water partition coefficient (Wildman–Crippen LogP) is 5.85. The van der Waals surface area contributed by atoms with Crippen molar-refractivity contribution in [2.24, 2.45) is 13.0 Å². The summed E-state index contributed by atoms with van der Waals surface area (Å²) in [5.74, 6) is 0.643. The third-order valence-corrected chi connectivity index (χ3v) is 5.61. The maximum Gasteiger partial charge on any atom is 0.227 e. The van der Waals surface area contributed by atoms with E-state index in [1.165, 1.54) is 22.4 Å². The zero-order chi connectivity index (χ0) is 20.0. The Kier molecular flexibility index (Phi) is 4.70. The van der Waals surface area contributed by atoms with E-state index in [1.807, 2.05) is 0 Å². The molecule has 3 aromatic heterocycles. The van der Waals surface area contributed by atoms with Gasteiger partial charge in [-0.15, -0.1) is 0 Å². The highest BCUT2D eigenvalue weighted by Crippen LogP contribution is 2.36. The third kappa shape index (κ3) is 3.09. The fraction of sp³-hybridized carbons (Fsp3) is 0.360.